The first kappa shape index (κ1) is 40.9. The molecule has 0 aliphatic rings. The van der Waals surface area contributed by atoms with E-state index in [0.717, 1.165) is 144 Å². The van der Waals surface area contributed by atoms with E-state index in [1.165, 1.54) is 11.1 Å². The molecule has 0 radical (unpaired) electrons. The maximum Gasteiger partial charge on any atom is 0.314 e. The highest BCUT2D eigenvalue weighted by Crippen LogP contribution is 2.50. The Morgan fingerprint density at radius 1 is 0.446 bits per heavy atom. The molecular formula is C52H62O4. The van der Waals surface area contributed by atoms with Crippen LogP contribution in [0.25, 0.3) is 54.2 Å². The minimum absolute atomic E-state index is 0.147. The monoisotopic (exact) mass is 750 g/mol. The van der Waals surface area contributed by atoms with Crippen LogP contribution in [-0.4, -0.2) is 11.9 Å². The van der Waals surface area contributed by atoms with E-state index in [2.05, 4.69) is 114 Å². The summed E-state index contributed by atoms with van der Waals surface area (Å²) in [5, 5.41) is 7.95. The largest absolute Gasteiger partial charge is 0.425 e. The average Bonchev–Trinajstić information content (AvgIpc) is 3.23. The van der Waals surface area contributed by atoms with Crippen molar-refractivity contribution < 1.29 is 19.1 Å². The van der Waals surface area contributed by atoms with Gasteiger partial charge in [-0.05, 0) is 95.2 Å². The van der Waals surface area contributed by atoms with E-state index in [-0.39, 0.29) is 23.8 Å². The van der Waals surface area contributed by atoms with Gasteiger partial charge in [-0.25, -0.2) is 0 Å². The summed E-state index contributed by atoms with van der Waals surface area (Å²) in [6.45, 7) is 13.0. The molecule has 2 unspecified atom stereocenters. The third-order valence-electron chi connectivity index (χ3n) is 11.8. The molecule has 4 heteroatoms. The van der Waals surface area contributed by atoms with Gasteiger partial charge in [-0.15, -0.1) is 0 Å². The van der Waals surface area contributed by atoms with Gasteiger partial charge in [-0.3, -0.25) is 9.59 Å². The first-order chi connectivity index (χ1) is 27.4. The number of carbonyl (C=O) groups is 2. The second-order valence-electron chi connectivity index (χ2n) is 15.8. The summed E-state index contributed by atoms with van der Waals surface area (Å²) in [5.41, 5.74) is 4.77. The average molecular weight is 751 g/mol. The summed E-state index contributed by atoms with van der Waals surface area (Å²) in [4.78, 5) is 27.9. The highest BCUT2D eigenvalue weighted by molar-refractivity contribution is 6.27. The summed E-state index contributed by atoms with van der Waals surface area (Å²) < 4.78 is 13.1. The molecule has 0 amide bonds. The second-order valence-corrected chi connectivity index (χ2v) is 15.8. The fourth-order valence-corrected chi connectivity index (χ4v) is 8.45. The van der Waals surface area contributed by atoms with Gasteiger partial charge in [-0.2, -0.15) is 0 Å². The molecule has 0 heterocycles. The van der Waals surface area contributed by atoms with Gasteiger partial charge in [0.1, 0.15) is 11.5 Å². The van der Waals surface area contributed by atoms with Crippen LogP contribution < -0.4 is 9.47 Å². The maximum atomic E-state index is 14.0. The predicted molar refractivity (Wildman–Crippen MR) is 237 cm³/mol. The van der Waals surface area contributed by atoms with Crippen molar-refractivity contribution in [1.82, 2.24) is 0 Å². The van der Waals surface area contributed by atoms with Crippen LogP contribution in [-0.2, 0) is 22.4 Å². The summed E-state index contributed by atoms with van der Waals surface area (Å²) in [6.07, 6.45) is 13.6. The van der Waals surface area contributed by atoms with Crippen LogP contribution in [0.1, 0.15) is 130 Å². The predicted octanol–water partition coefficient (Wildman–Crippen LogP) is 14.9. The zero-order valence-electron chi connectivity index (χ0n) is 34.8. The van der Waals surface area contributed by atoms with Gasteiger partial charge in [0.2, 0.25) is 0 Å². The van der Waals surface area contributed by atoms with Crippen molar-refractivity contribution >= 4 is 55.0 Å². The Labute approximate surface area is 335 Å². The van der Waals surface area contributed by atoms with Crippen LogP contribution in [0.3, 0.4) is 0 Å². The fourth-order valence-electron chi connectivity index (χ4n) is 8.45. The van der Waals surface area contributed by atoms with E-state index in [4.69, 9.17) is 9.47 Å². The number of ether oxygens (including phenoxy) is 2. The van der Waals surface area contributed by atoms with Crippen LogP contribution in [0.15, 0.2) is 84.9 Å². The van der Waals surface area contributed by atoms with Crippen molar-refractivity contribution in [2.45, 2.75) is 131 Å². The number of hydrogen-bond donors (Lipinski definition) is 0. The molecule has 6 aromatic rings. The molecule has 6 aromatic carbocycles. The first-order valence-electron chi connectivity index (χ1n) is 21.8. The number of fused-ring (bicyclic) bond motifs is 4. The number of aryl methyl sites for hydroxylation is 2. The topological polar surface area (TPSA) is 52.6 Å². The minimum atomic E-state index is -0.151. The van der Waals surface area contributed by atoms with Crippen molar-refractivity contribution in [3.05, 3.63) is 96.1 Å². The Balaban J connectivity index is 1.71. The molecule has 0 N–H and O–H groups in total. The van der Waals surface area contributed by atoms with Crippen molar-refractivity contribution in [1.29, 1.82) is 0 Å². The van der Waals surface area contributed by atoms with Gasteiger partial charge in [0, 0.05) is 21.5 Å². The van der Waals surface area contributed by atoms with Crippen molar-refractivity contribution in [2.75, 3.05) is 0 Å². The van der Waals surface area contributed by atoms with E-state index in [1.807, 2.05) is 12.1 Å². The molecule has 0 fully saturated rings. The van der Waals surface area contributed by atoms with E-state index in [9.17, 15) is 9.59 Å². The fraction of sp³-hybridized carbons (Fsp3) is 0.423. The minimum Gasteiger partial charge on any atom is -0.425 e. The van der Waals surface area contributed by atoms with E-state index in [0.29, 0.717) is 11.5 Å². The van der Waals surface area contributed by atoms with Gasteiger partial charge in [-0.1, -0.05) is 165 Å². The highest BCUT2D eigenvalue weighted by atomic mass is 16.5. The molecule has 0 aliphatic heterocycles. The molecule has 56 heavy (non-hydrogen) atoms. The number of benzene rings is 6. The van der Waals surface area contributed by atoms with Crippen LogP contribution >= 0.6 is 0 Å². The van der Waals surface area contributed by atoms with Crippen LogP contribution in [0.5, 0.6) is 11.5 Å². The molecule has 0 saturated heterocycles. The number of unbranched alkanes of at least 4 members (excludes halogenated alkanes) is 4. The number of esters is 2. The van der Waals surface area contributed by atoms with Gasteiger partial charge >= 0.3 is 11.9 Å². The molecule has 0 aromatic heterocycles. The zero-order chi connectivity index (χ0) is 39.6. The molecule has 0 saturated carbocycles. The Morgan fingerprint density at radius 2 is 0.804 bits per heavy atom. The second kappa shape index (κ2) is 19.4. The third kappa shape index (κ3) is 8.65. The summed E-state index contributed by atoms with van der Waals surface area (Å²) in [5.74, 6) is 0.686. The van der Waals surface area contributed by atoms with Crippen LogP contribution in [0, 0.1) is 11.8 Å². The van der Waals surface area contributed by atoms with Crippen molar-refractivity contribution in [3.8, 4) is 22.6 Å². The lowest BCUT2D eigenvalue weighted by Crippen LogP contribution is -2.20. The molecule has 0 bridgehead atoms. The Bertz CT molecular complexity index is 2140. The zero-order valence-corrected chi connectivity index (χ0v) is 34.8. The van der Waals surface area contributed by atoms with Gasteiger partial charge in [0.05, 0.1) is 11.8 Å². The highest BCUT2D eigenvalue weighted by Gasteiger charge is 2.27. The normalized spacial score (nSPS) is 12.8. The first-order valence-corrected chi connectivity index (χ1v) is 21.8. The van der Waals surface area contributed by atoms with E-state index < -0.39 is 0 Å². The van der Waals surface area contributed by atoms with E-state index in [1.54, 1.807) is 0 Å². The van der Waals surface area contributed by atoms with Crippen molar-refractivity contribution in [2.24, 2.45) is 11.8 Å². The van der Waals surface area contributed by atoms with Gasteiger partial charge in [0.25, 0.3) is 0 Å². The van der Waals surface area contributed by atoms with Gasteiger partial charge < -0.3 is 9.47 Å². The molecule has 4 nitrogen and oxygen atoms in total. The molecule has 6 rings (SSSR count). The van der Waals surface area contributed by atoms with Crippen LogP contribution in [0.2, 0.25) is 0 Å². The lowest BCUT2D eigenvalue weighted by Gasteiger charge is -2.23. The SMILES string of the molecule is CCCCc1ccc2c(OC(=O)C(CC)CCCC)c3ccccc3c(-c3c4ccccc4c(OC(=O)C(CC)CCCC)c4ccc(CCCC)cc34)c2c1. The summed E-state index contributed by atoms with van der Waals surface area (Å²) >= 11 is 0. The molecule has 0 spiro atoms. The summed E-state index contributed by atoms with van der Waals surface area (Å²) in [7, 11) is 0. The molecule has 294 valence electrons. The standard InChI is InChI=1S/C52H62O4/c1-7-13-21-35-29-31-43-45(33-35)47(39-25-17-19-27-41(39)49(43)55-51(53)37(11-5)23-15-9-3)48-40-26-18-20-28-42(40)50(56-52(54)38(12-6)24-16-10-4)44-32-30-36(22-14-8-2)34-46(44)48/h17-20,25-34,37-38H,7-16,21-24H2,1-6H3. The quantitative estimate of drug-likeness (QED) is 0.0470. The molecule has 0 aliphatic carbocycles. The van der Waals surface area contributed by atoms with Crippen LogP contribution in [0.4, 0.5) is 0 Å². The number of carbonyl (C=O) groups excluding carboxylic acids is 2. The Morgan fingerprint density at radius 3 is 1.16 bits per heavy atom. The molecular weight excluding hydrogens is 689 g/mol. The van der Waals surface area contributed by atoms with E-state index >= 15 is 0 Å². The molecule has 2 atom stereocenters. The third-order valence-corrected chi connectivity index (χ3v) is 11.8. The Hall–Kier alpha value is -4.70. The summed E-state index contributed by atoms with van der Waals surface area (Å²) in [6, 6.07) is 30.3. The lowest BCUT2D eigenvalue weighted by molar-refractivity contribution is -0.140. The van der Waals surface area contributed by atoms with Gasteiger partial charge in [0.15, 0.2) is 0 Å². The number of rotatable bonds is 19. The number of hydrogen-bond acceptors (Lipinski definition) is 4. The maximum absolute atomic E-state index is 14.0. The lowest BCUT2D eigenvalue weighted by atomic mass is 9.84. The van der Waals surface area contributed by atoms with Crippen molar-refractivity contribution in [3.63, 3.8) is 0 Å². The Kier molecular flexibility index (Phi) is 14.2. The smallest absolute Gasteiger partial charge is 0.314 e.